The summed E-state index contributed by atoms with van der Waals surface area (Å²) < 4.78 is 13.4. The van der Waals surface area contributed by atoms with Crippen LogP contribution in [0.25, 0.3) is 0 Å². The average Bonchev–Trinajstić information content (AvgIpc) is 2.15. The van der Waals surface area contributed by atoms with Crippen LogP contribution in [0.4, 0.5) is 4.39 Å². The highest BCUT2D eigenvalue weighted by atomic mass is 79.9. The number of hydrogen-bond acceptors (Lipinski definition) is 2. The van der Waals surface area contributed by atoms with Crippen molar-refractivity contribution in [1.29, 1.82) is 0 Å². The summed E-state index contributed by atoms with van der Waals surface area (Å²) in [6, 6.07) is 3.77. The van der Waals surface area contributed by atoms with Crippen LogP contribution in [0.15, 0.2) is 22.7 Å². The summed E-state index contributed by atoms with van der Waals surface area (Å²) in [5, 5.41) is 2.64. The molecule has 0 spiro atoms. The van der Waals surface area contributed by atoms with Gasteiger partial charge in [0.15, 0.2) is 0 Å². The number of halogens is 3. The second kappa shape index (κ2) is 6.83. The monoisotopic (exact) mass is 310 g/mol. The van der Waals surface area contributed by atoms with Crippen molar-refractivity contribution in [3.63, 3.8) is 0 Å². The highest BCUT2D eigenvalue weighted by Crippen LogP contribution is 2.17. The number of nitrogens with two attached hydrogens (primary N) is 1. The summed E-state index contributed by atoms with van der Waals surface area (Å²) in [5.74, 6) is -0.546. The van der Waals surface area contributed by atoms with E-state index in [1.807, 2.05) is 0 Å². The molecule has 0 heterocycles. The van der Waals surface area contributed by atoms with Crippen molar-refractivity contribution in [1.82, 2.24) is 5.32 Å². The average molecular weight is 312 g/mol. The second-order valence-electron chi connectivity index (χ2n) is 3.24. The topological polar surface area (TPSA) is 55.1 Å². The molecule has 1 rings (SSSR count). The number of benzene rings is 1. The molecule has 0 saturated heterocycles. The zero-order valence-corrected chi connectivity index (χ0v) is 11.1. The molecule has 1 atom stereocenters. The molecule has 0 aliphatic rings. The van der Waals surface area contributed by atoms with Crippen LogP contribution in [0.2, 0.25) is 0 Å². The molecule has 3 N–H and O–H groups in total. The van der Waals surface area contributed by atoms with Crippen molar-refractivity contribution in [2.24, 2.45) is 5.73 Å². The van der Waals surface area contributed by atoms with E-state index in [-0.39, 0.29) is 24.1 Å². The Balaban J connectivity index is 0.00000225. The van der Waals surface area contributed by atoms with Crippen LogP contribution in [0.3, 0.4) is 0 Å². The molecule has 90 valence electrons. The Hall–Kier alpha value is -0.650. The van der Waals surface area contributed by atoms with Gasteiger partial charge in [-0.05, 0) is 24.6 Å². The van der Waals surface area contributed by atoms with Crippen LogP contribution in [-0.2, 0) is 11.3 Å². The largest absolute Gasteiger partial charge is 0.351 e. The van der Waals surface area contributed by atoms with Gasteiger partial charge in [0.05, 0.1) is 6.04 Å². The number of amides is 1. The lowest BCUT2D eigenvalue weighted by molar-refractivity contribution is -0.122. The SMILES string of the molecule is CC(N)C(=O)NCc1ccc(F)cc1Br.Cl. The first-order valence-corrected chi connectivity index (χ1v) is 5.27. The van der Waals surface area contributed by atoms with Crippen molar-refractivity contribution in [3.8, 4) is 0 Å². The summed E-state index contributed by atoms with van der Waals surface area (Å²) in [7, 11) is 0. The Morgan fingerprint density at radius 2 is 2.25 bits per heavy atom. The van der Waals surface area contributed by atoms with E-state index in [0.29, 0.717) is 11.0 Å². The lowest BCUT2D eigenvalue weighted by Gasteiger charge is -2.09. The predicted molar refractivity (Wildman–Crippen MR) is 66.8 cm³/mol. The van der Waals surface area contributed by atoms with Gasteiger partial charge in [0, 0.05) is 11.0 Å². The normalized spacial score (nSPS) is 11.5. The summed E-state index contributed by atoms with van der Waals surface area (Å²) >= 11 is 3.21. The van der Waals surface area contributed by atoms with Gasteiger partial charge in [-0.25, -0.2) is 4.39 Å². The van der Waals surface area contributed by atoms with Crippen LogP contribution in [0.1, 0.15) is 12.5 Å². The Labute approximate surface area is 108 Å². The zero-order chi connectivity index (χ0) is 11.4. The van der Waals surface area contributed by atoms with Crippen LogP contribution in [0, 0.1) is 5.82 Å². The van der Waals surface area contributed by atoms with Crippen LogP contribution >= 0.6 is 28.3 Å². The molecular weight excluding hydrogens is 298 g/mol. The first-order chi connectivity index (χ1) is 7.00. The summed E-state index contributed by atoms with van der Waals surface area (Å²) in [6.45, 7) is 1.94. The van der Waals surface area contributed by atoms with Crippen LogP contribution in [0.5, 0.6) is 0 Å². The van der Waals surface area contributed by atoms with E-state index >= 15 is 0 Å². The third-order valence-electron chi connectivity index (χ3n) is 1.88. The van der Waals surface area contributed by atoms with E-state index in [1.165, 1.54) is 12.1 Å². The number of nitrogens with one attached hydrogen (secondary N) is 1. The lowest BCUT2D eigenvalue weighted by atomic mass is 10.2. The molecule has 1 aromatic rings. The van der Waals surface area contributed by atoms with Gasteiger partial charge in [-0.2, -0.15) is 0 Å². The second-order valence-corrected chi connectivity index (χ2v) is 4.10. The molecule has 3 nitrogen and oxygen atoms in total. The Morgan fingerprint density at radius 1 is 1.62 bits per heavy atom. The van der Waals surface area contributed by atoms with Crippen molar-refractivity contribution >= 4 is 34.2 Å². The number of carbonyl (C=O) groups is 1. The number of hydrogen-bond donors (Lipinski definition) is 2. The summed E-state index contributed by atoms with van der Waals surface area (Å²) in [4.78, 5) is 11.2. The highest BCUT2D eigenvalue weighted by molar-refractivity contribution is 9.10. The highest BCUT2D eigenvalue weighted by Gasteiger charge is 2.07. The molecule has 0 fully saturated rings. The maximum Gasteiger partial charge on any atom is 0.236 e. The van der Waals surface area contributed by atoms with Crippen molar-refractivity contribution in [2.75, 3.05) is 0 Å². The van der Waals surface area contributed by atoms with Crippen molar-refractivity contribution < 1.29 is 9.18 Å². The maximum absolute atomic E-state index is 12.7. The van der Waals surface area contributed by atoms with E-state index in [1.54, 1.807) is 13.0 Å². The van der Waals surface area contributed by atoms with Crippen molar-refractivity contribution in [2.45, 2.75) is 19.5 Å². The molecule has 0 radical (unpaired) electrons. The molecule has 0 saturated carbocycles. The Morgan fingerprint density at radius 3 is 2.75 bits per heavy atom. The quantitative estimate of drug-likeness (QED) is 0.897. The lowest BCUT2D eigenvalue weighted by Crippen LogP contribution is -2.37. The molecule has 1 unspecified atom stereocenters. The molecule has 0 aliphatic carbocycles. The third kappa shape index (κ3) is 4.47. The minimum absolute atomic E-state index is 0. The molecule has 1 amide bonds. The molecule has 0 aliphatic heterocycles. The standard InChI is InChI=1S/C10H12BrFN2O.ClH/c1-6(13)10(15)14-5-7-2-3-8(12)4-9(7)11;/h2-4,6H,5,13H2,1H3,(H,14,15);1H. The maximum atomic E-state index is 12.7. The fourth-order valence-electron chi connectivity index (χ4n) is 1.01. The van der Waals surface area contributed by atoms with E-state index in [9.17, 15) is 9.18 Å². The smallest absolute Gasteiger partial charge is 0.236 e. The summed E-state index contributed by atoms with van der Waals surface area (Å²) in [5.41, 5.74) is 6.19. The van der Waals surface area contributed by atoms with Gasteiger partial charge in [-0.15, -0.1) is 12.4 Å². The van der Waals surface area contributed by atoms with Gasteiger partial charge in [-0.3, -0.25) is 4.79 Å². The minimum atomic E-state index is -0.538. The Kier molecular flexibility index (Phi) is 6.55. The van der Waals surface area contributed by atoms with E-state index in [0.717, 1.165) is 5.56 Å². The zero-order valence-electron chi connectivity index (χ0n) is 8.67. The molecule has 16 heavy (non-hydrogen) atoms. The van der Waals surface area contributed by atoms with Gasteiger partial charge < -0.3 is 11.1 Å². The predicted octanol–water partition coefficient (Wildman–Crippen LogP) is 1.97. The van der Waals surface area contributed by atoms with Gasteiger partial charge in [0.25, 0.3) is 0 Å². The van der Waals surface area contributed by atoms with E-state index in [2.05, 4.69) is 21.2 Å². The fraction of sp³-hybridized carbons (Fsp3) is 0.300. The molecule has 6 heteroatoms. The number of rotatable bonds is 3. The third-order valence-corrected chi connectivity index (χ3v) is 2.62. The van der Waals surface area contributed by atoms with Gasteiger partial charge in [0.2, 0.25) is 5.91 Å². The number of carbonyl (C=O) groups excluding carboxylic acids is 1. The first kappa shape index (κ1) is 15.3. The van der Waals surface area contributed by atoms with E-state index in [4.69, 9.17) is 5.73 Å². The fourth-order valence-corrected chi connectivity index (χ4v) is 1.50. The van der Waals surface area contributed by atoms with Crippen LogP contribution in [-0.4, -0.2) is 11.9 Å². The molecular formula is C10H13BrClFN2O. The van der Waals surface area contributed by atoms with Gasteiger partial charge in [-0.1, -0.05) is 22.0 Å². The summed E-state index contributed by atoms with van der Waals surface area (Å²) in [6.07, 6.45) is 0. The van der Waals surface area contributed by atoms with E-state index < -0.39 is 6.04 Å². The molecule has 0 bridgehead atoms. The van der Waals surface area contributed by atoms with Gasteiger partial charge in [0.1, 0.15) is 5.82 Å². The van der Waals surface area contributed by atoms with Crippen LogP contribution < -0.4 is 11.1 Å². The molecule has 1 aromatic carbocycles. The van der Waals surface area contributed by atoms with Gasteiger partial charge >= 0.3 is 0 Å². The minimum Gasteiger partial charge on any atom is -0.351 e. The molecule has 0 aromatic heterocycles. The Bertz CT molecular complexity index is 374. The first-order valence-electron chi connectivity index (χ1n) is 4.48. The van der Waals surface area contributed by atoms with Crippen molar-refractivity contribution in [3.05, 3.63) is 34.1 Å².